The molecule has 0 amide bonds. The molecule has 2 rings (SSSR count). The Morgan fingerprint density at radius 2 is 2.30 bits per heavy atom. The predicted molar refractivity (Wildman–Crippen MR) is 38.0 cm³/mol. The second kappa shape index (κ2) is 1.95. The molecule has 0 aliphatic rings. The summed E-state index contributed by atoms with van der Waals surface area (Å²) in [5.74, 6) is 0. The van der Waals surface area contributed by atoms with Crippen LogP contribution < -0.4 is 0 Å². The van der Waals surface area contributed by atoms with E-state index in [2.05, 4.69) is 28.2 Å². The zero-order valence-corrected chi connectivity index (χ0v) is 5.86. The maximum absolute atomic E-state index is 4.14. The van der Waals surface area contributed by atoms with Crippen LogP contribution in [0, 0.1) is 0 Å². The van der Waals surface area contributed by atoms with Crippen LogP contribution in [0.2, 0.25) is 0 Å². The average molecular weight is 152 g/mol. The number of thiol groups is 1. The van der Waals surface area contributed by atoms with Gasteiger partial charge < -0.3 is 0 Å². The Kier molecular flexibility index (Phi) is 1.10. The van der Waals surface area contributed by atoms with Gasteiger partial charge in [-0.2, -0.15) is 4.52 Å². The highest BCUT2D eigenvalue weighted by Crippen LogP contribution is 2.05. The minimum Gasteiger partial charge on any atom is -0.187 e. The second-order valence-electron chi connectivity index (χ2n) is 1.83. The van der Waals surface area contributed by atoms with Gasteiger partial charge in [-0.1, -0.05) is 6.07 Å². The van der Waals surface area contributed by atoms with Crippen molar-refractivity contribution in [1.82, 2.24) is 20.0 Å². The highest BCUT2D eigenvalue weighted by Gasteiger charge is 1.96. The van der Waals surface area contributed by atoms with Gasteiger partial charge >= 0.3 is 0 Å². The first-order chi connectivity index (χ1) is 4.88. The molecule has 50 valence electrons. The SMILES string of the molecule is Sc1cccc2nnnn12. The zero-order valence-electron chi connectivity index (χ0n) is 4.97. The van der Waals surface area contributed by atoms with Crippen LogP contribution in [0.1, 0.15) is 0 Å². The van der Waals surface area contributed by atoms with Crippen LogP contribution in [0.3, 0.4) is 0 Å². The van der Waals surface area contributed by atoms with Crippen molar-refractivity contribution in [2.45, 2.75) is 5.03 Å². The summed E-state index contributed by atoms with van der Waals surface area (Å²) in [6.07, 6.45) is 0. The Hall–Kier alpha value is -1.10. The summed E-state index contributed by atoms with van der Waals surface area (Å²) in [6, 6.07) is 5.50. The summed E-state index contributed by atoms with van der Waals surface area (Å²) in [4.78, 5) is 0. The topological polar surface area (TPSA) is 43.1 Å². The largest absolute Gasteiger partial charge is 0.187 e. The van der Waals surface area contributed by atoms with Gasteiger partial charge in [0, 0.05) is 0 Å². The smallest absolute Gasteiger partial charge is 0.180 e. The van der Waals surface area contributed by atoms with Gasteiger partial charge in [0.1, 0.15) is 0 Å². The summed E-state index contributed by atoms with van der Waals surface area (Å²) < 4.78 is 1.56. The van der Waals surface area contributed by atoms with Crippen LogP contribution in [0.25, 0.3) is 5.65 Å². The third-order valence-corrected chi connectivity index (χ3v) is 1.54. The molecule has 2 aromatic rings. The van der Waals surface area contributed by atoms with Crippen LogP contribution in [-0.2, 0) is 0 Å². The summed E-state index contributed by atoms with van der Waals surface area (Å²) in [6.45, 7) is 0. The lowest BCUT2D eigenvalue weighted by atomic mass is 10.5. The molecule has 10 heavy (non-hydrogen) atoms. The van der Waals surface area contributed by atoms with E-state index < -0.39 is 0 Å². The zero-order chi connectivity index (χ0) is 6.97. The number of fused-ring (bicyclic) bond motifs is 1. The van der Waals surface area contributed by atoms with Crippen LogP contribution in [0.4, 0.5) is 0 Å². The van der Waals surface area contributed by atoms with Crippen molar-refractivity contribution in [1.29, 1.82) is 0 Å². The molecule has 0 fully saturated rings. The maximum Gasteiger partial charge on any atom is 0.180 e. The molecule has 0 atom stereocenters. The summed E-state index contributed by atoms with van der Waals surface area (Å²) >= 11 is 4.14. The van der Waals surface area contributed by atoms with Gasteiger partial charge in [-0.3, -0.25) is 0 Å². The molecular weight excluding hydrogens is 148 g/mol. The number of hydrogen-bond donors (Lipinski definition) is 1. The number of pyridine rings is 1. The van der Waals surface area contributed by atoms with E-state index in [0.717, 1.165) is 5.03 Å². The lowest BCUT2D eigenvalue weighted by molar-refractivity contribution is 0.774. The maximum atomic E-state index is 4.14. The van der Waals surface area contributed by atoms with Crippen molar-refractivity contribution in [2.24, 2.45) is 0 Å². The second-order valence-corrected chi connectivity index (χ2v) is 2.29. The average Bonchev–Trinajstić information content (AvgIpc) is 2.36. The van der Waals surface area contributed by atoms with E-state index in [0.29, 0.717) is 5.65 Å². The fourth-order valence-corrected chi connectivity index (χ4v) is 0.980. The van der Waals surface area contributed by atoms with E-state index >= 15 is 0 Å². The molecule has 0 N–H and O–H groups in total. The molecule has 0 unspecified atom stereocenters. The van der Waals surface area contributed by atoms with Crippen molar-refractivity contribution in [3.8, 4) is 0 Å². The lowest BCUT2D eigenvalue weighted by Crippen LogP contribution is -1.88. The quantitative estimate of drug-likeness (QED) is 0.556. The minimum absolute atomic E-state index is 0.715. The van der Waals surface area contributed by atoms with Gasteiger partial charge in [0.25, 0.3) is 0 Å². The molecule has 4 nitrogen and oxygen atoms in total. The number of hydrogen-bond acceptors (Lipinski definition) is 4. The number of tetrazole rings is 1. The normalized spacial score (nSPS) is 10.5. The Labute approximate surface area is 62.3 Å². The third kappa shape index (κ3) is 0.672. The van der Waals surface area contributed by atoms with Crippen LogP contribution in [0.15, 0.2) is 23.2 Å². The monoisotopic (exact) mass is 152 g/mol. The highest BCUT2D eigenvalue weighted by molar-refractivity contribution is 7.80. The molecule has 0 spiro atoms. The molecule has 5 heteroatoms. The minimum atomic E-state index is 0.715. The van der Waals surface area contributed by atoms with Gasteiger partial charge in [-0.25, -0.2) is 0 Å². The third-order valence-electron chi connectivity index (χ3n) is 1.20. The highest BCUT2D eigenvalue weighted by atomic mass is 32.1. The van der Waals surface area contributed by atoms with Gasteiger partial charge in [0.05, 0.1) is 5.03 Å². The molecule has 0 saturated heterocycles. The fraction of sp³-hybridized carbons (Fsp3) is 0. The van der Waals surface area contributed by atoms with Gasteiger partial charge in [0.15, 0.2) is 5.65 Å². The van der Waals surface area contributed by atoms with E-state index in [-0.39, 0.29) is 0 Å². The standard InChI is InChI=1S/C5H4N4S/c10-5-3-1-2-4-6-7-8-9(4)5/h1-3,10H. The van der Waals surface area contributed by atoms with Crippen LogP contribution in [0.5, 0.6) is 0 Å². The summed E-state index contributed by atoms with van der Waals surface area (Å²) in [5.41, 5.74) is 0.715. The fourth-order valence-electron chi connectivity index (χ4n) is 0.752. The number of nitrogens with zero attached hydrogens (tertiary/aromatic N) is 4. The van der Waals surface area contributed by atoms with Crippen molar-refractivity contribution in [3.63, 3.8) is 0 Å². The van der Waals surface area contributed by atoms with E-state index in [1.54, 1.807) is 4.52 Å². The summed E-state index contributed by atoms with van der Waals surface area (Å²) in [7, 11) is 0. The number of aromatic nitrogens is 4. The Balaban J connectivity index is 2.95. The van der Waals surface area contributed by atoms with E-state index in [9.17, 15) is 0 Å². The van der Waals surface area contributed by atoms with Crippen molar-refractivity contribution in [2.75, 3.05) is 0 Å². The number of rotatable bonds is 0. The van der Waals surface area contributed by atoms with Crippen molar-refractivity contribution >= 4 is 18.3 Å². The van der Waals surface area contributed by atoms with E-state index in [1.165, 1.54) is 0 Å². The Morgan fingerprint density at radius 3 is 3.10 bits per heavy atom. The van der Waals surface area contributed by atoms with Crippen LogP contribution >= 0.6 is 12.6 Å². The first-order valence-electron chi connectivity index (χ1n) is 2.74. The molecule has 0 aliphatic carbocycles. The van der Waals surface area contributed by atoms with Gasteiger partial charge in [0.2, 0.25) is 0 Å². The first-order valence-corrected chi connectivity index (χ1v) is 3.19. The molecule has 0 radical (unpaired) electrons. The van der Waals surface area contributed by atoms with Gasteiger partial charge in [-0.05, 0) is 22.6 Å². The summed E-state index contributed by atoms with van der Waals surface area (Å²) in [5, 5.41) is 11.6. The molecule has 2 heterocycles. The molecular formula is C5H4N4S. The Bertz CT molecular complexity index is 355. The molecule has 0 aromatic carbocycles. The predicted octanol–water partition coefficient (Wildman–Crippen LogP) is 0.413. The van der Waals surface area contributed by atoms with Crippen molar-refractivity contribution in [3.05, 3.63) is 18.2 Å². The molecule has 0 bridgehead atoms. The van der Waals surface area contributed by atoms with E-state index in [4.69, 9.17) is 0 Å². The lowest BCUT2D eigenvalue weighted by Gasteiger charge is -1.90. The first kappa shape index (κ1) is 5.67. The van der Waals surface area contributed by atoms with E-state index in [1.807, 2.05) is 18.2 Å². The van der Waals surface area contributed by atoms with Gasteiger partial charge in [-0.15, -0.1) is 17.7 Å². The molecule has 0 saturated carbocycles. The van der Waals surface area contributed by atoms with Crippen molar-refractivity contribution < 1.29 is 0 Å². The Morgan fingerprint density at radius 1 is 1.40 bits per heavy atom. The molecule has 2 aromatic heterocycles. The molecule has 0 aliphatic heterocycles. The van der Waals surface area contributed by atoms with Crippen LogP contribution in [-0.4, -0.2) is 20.0 Å².